The first kappa shape index (κ1) is 16.8. The zero-order valence-corrected chi connectivity index (χ0v) is 23.7. The predicted octanol–water partition coefficient (Wildman–Crippen LogP) is 12.6. The van der Waals surface area contributed by atoms with Crippen molar-refractivity contribution in [2.45, 2.75) is 0 Å². The number of para-hydroxylation sites is 1. The molecule has 45 heavy (non-hydrogen) atoms. The van der Waals surface area contributed by atoms with E-state index in [4.69, 9.17) is 16.8 Å². The van der Waals surface area contributed by atoms with Gasteiger partial charge in [-0.05, 0) is 84.2 Å². The fraction of sp³-hybridized carbons (Fsp3) is 0. The summed E-state index contributed by atoms with van der Waals surface area (Å²) >= 11 is 0. The molecule has 210 valence electrons. The van der Waals surface area contributed by atoms with Crippen molar-refractivity contribution in [2.75, 3.05) is 0 Å². The molecule has 8 aromatic carbocycles. The van der Waals surface area contributed by atoms with E-state index in [2.05, 4.69) is 0 Å². The second-order valence-electron chi connectivity index (χ2n) is 10.8. The normalized spacial score (nSPS) is 15.0. The van der Waals surface area contributed by atoms with Gasteiger partial charge in [-0.2, -0.15) is 0 Å². The van der Waals surface area contributed by atoms with Gasteiger partial charge in [-0.25, -0.2) is 0 Å². The Morgan fingerprint density at radius 1 is 0.378 bits per heavy atom. The molecule has 0 aliphatic heterocycles. The molecular formula is C44H28O. The van der Waals surface area contributed by atoms with Crippen LogP contribution in [-0.2, 0) is 0 Å². The van der Waals surface area contributed by atoms with E-state index in [0.29, 0.717) is 27.8 Å². The molecule has 1 nitrogen and oxygen atoms in total. The zero-order chi connectivity index (χ0) is 39.3. The summed E-state index contributed by atoms with van der Waals surface area (Å²) in [5.74, 6) is 0. The highest BCUT2D eigenvalue weighted by Crippen LogP contribution is 2.48. The Morgan fingerprint density at radius 2 is 0.933 bits per heavy atom. The molecule has 1 aromatic heterocycles. The van der Waals surface area contributed by atoms with Crippen LogP contribution in [0.4, 0.5) is 0 Å². The van der Waals surface area contributed by atoms with Crippen LogP contribution in [0.15, 0.2) is 174 Å². The first-order chi connectivity index (χ1) is 26.9. The lowest BCUT2D eigenvalue weighted by atomic mass is 9.84. The van der Waals surface area contributed by atoms with E-state index < -0.39 is 30.2 Å². The molecule has 0 N–H and O–H groups in total. The van der Waals surface area contributed by atoms with Gasteiger partial charge in [0.2, 0.25) is 0 Å². The molecule has 9 aromatic rings. The van der Waals surface area contributed by atoms with Crippen molar-refractivity contribution in [3.8, 4) is 44.5 Å². The van der Waals surface area contributed by atoms with E-state index in [1.165, 1.54) is 0 Å². The molecule has 0 saturated heterocycles. The molecule has 0 aliphatic carbocycles. The van der Waals surface area contributed by atoms with Crippen LogP contribution in [0.1, 0.15) is 15.1 Å². The van der Waals surface area contributed by atoms with Gasteiger partial charge >= 0.3 is 0 Å². The van der Waals surface area contributed by atoms with Crippen molar-refractivity contribution < 1.29 is 19.5 Å². The third kappa shape index (κ3) is 4.17. The van der Waals surface area contributed by atoms with Gasteiger partial charge in [0, 0.05) is 10.8 Å². The summed E-state index contributed by atoms with van der Waals surface area (Å²) in [6, 6.07) is 28.2. The van der Waals surface area contributed by atoms with Gasteiger partial charge in [0.25, 0.3) is 0 Å². The molecule has 0 fully saturated rings. The molecule has 1 heteroatoms. The number of rotatable bonds is 4. The summed E-state index contributed by atoms with van der Waals surface area (Å²) in [6.07, 6.45) is 0. The maximum atomic E-state index is 9.91. The lowest BCUT2D eigenvalue weighted by Gasteiger charge is -2.19. The van der Waals surface area contributed by atoms with Gasteiger partial charge in [0.15, 0.2) is 0 Å². The largest absolute Gasteiger partial charge is 0.456 e. The van der Waals surface area contributed by atoms with Crippen LogP contribution in [0.3, 0.4) is 0 Å². The molecule has 0 saturated carbocycles. The highest BCUT2D eigenvalue weighted by Gasteiger charge is 2.21. The molecule has 0 unspecified atom stereocenters. The van der Waals surface area contributed by atoms with E-state index in [1.807, 2.05) is 91.0 Å². The number of hydrogen-bond donors (Lipinski definition) is 0. The minimum absolute atomic E-state index is 0.00911. The van der Waals surface area contributed by atoms with Crippen LogP contribution in [0, 0.1) is 0 Å². The minimum atomic E-state index is -0.457. The van der Waals surface area contributed by atoms with E-state index in [9.17, 15) is 2.74 Å². The van der Waals surface area contributed by atoms with Crippen molar-refractivity contribution in [3.63, 3.8) is 0 Å². The maximum Gasteiger partial charge on any atom is 0.136 e. The highest BCUT2D eigenvalue weighted by atomic mass is 16.3. The molecule has 1 heterocycles. The van der Waals surface area contributed by atoms with Crippen molar-refractivity contribution in [1.82, 2.24) is 0 Å². The van der Waals surface area contributed by atoms with Crippen molar-refractivity contribution in [2.24, 2.45) is 0 Å². The van der Waals surface area contributed by atoms with Gasteiger partial charge in [0.05, 0.1) is 15.1 Å². The van der Waals surface area contributed by atoms with Crippen LogP contribution in [-0.4, -0.2) is 0 Å². The van der Waals surface area contributed by atoms with Gasteiger partial charge in [-0.3, -0.25) is 0 Å². The Labute approximate surface area is 277 Å². The summed E-state index contributed by atoms with van der Waals surface area (Å²) < 4.78 is 102. The number of fused-ring (bicyclic) bond motifs is 5. The molecular weight excluding hydrogens is 544 g/mol. The van der Waals surface area contributed by atoms with Crippen LogP contribution >= 0.6 is 0 Å². The molecule has 0 aliphatic rings. The maximum absolute atomic E-state index is 9.91. The van der Waals surface area contributed by atoms with Gasteiger partial charge in [0.1, 0.15) is 11.2 Å². The topological polar surface area (TPSA) is 13.1 Å². The van der Waals surface area contributed by atoms with Crippen LogP contribution in [0.5, 0.6) is 0 Å². The Morgan fingerprint density at radius 3 is 1.62 bits per heavy atom. The number of furan rings is 1. The Bertz CT molecular complexity index is 3050. The summed E-state index contributed by atoms with van der Waals surface area (Å²) in [5.41, 5.74) is 4.10. The molecule has 0 spiro atoms. The van der Waals surface area contributed by atoms with Crippen LogP contribution in [0.25, 0.3) is 88.0 Å². The summed E-state index contributed by atoms with van der Waals surface area (Å²) in [7, 11) is 0. The second-order valence-corrected chi connectivity index (χ2v) is 10.8. The standard InChI is InChI=1S/C44H28O/c1-3-13-29(14-4-1)31-23-25-32(26-24-31)42-34-17-7-9-19-36(34)43(37-20-10-8-18-35(37)42)39-27-33(30-15-5-2-6-16-30)28-41-44(39)38-21-11-12-22-40(38)45-41/h1-28H/i1D,3D,4D,11D,12D,13D,14D,21D,22D,27D,28D. The van der Waals surface area contributed by atoms with Gasteiger partial charge in [-0.15, -0.1) is 0 Å². The average molecular weight is 584 g/mol. The monoisotopic (exact) mass is 583 g/mol. The summed E-state index contributed by atoms with van der Waals surface area (Å²) in [4.78, 5) is 0. The molecule has 0 amide bonds. The lowest BCUT2D eigenvalue weighted by Crippen LogP contribution is -1.92. The highest BCUT2D eigenvalue weighted by molar-refractivity contribution is 6.26. The first-order valence-electron chi connectivity index (χ1n) is 20.0. The van der Waals surface area contributed by atoms with E-state index in [1.54, 1.807) is 12.1 Å². The summed E-state index contributed by atoms with van der Waals surface area (Å²) in [6.45, 7) is 0. The predicted molar refractivity (Wildman–Crippen MR) is 190 cm³/mol. The molecule has 0 bridgehead atoms. The minimum Gasteiger partial charge on any atom is -0.456 e. The fourth-order valence-corrected chi connectivity index (χ4v) is 6.32. The number of hydrogen-bond acceptors (Lipinski definition) is 1. The van der Waals surface area contributed by atoms with E-state index in [0.717, 1.165) is 32.7 Å². The fourth-order valence-electron chi connectivity index (χ4n) is 6.32. The molecule has 0 atom stereocenters. The Balaban J connectivity index is 1.41. The van der Waals surface area contributed by atoms with E-state index in [-0.39, 0.29) is 63.8 Å². The van der Waals surface area contributed by atoms with Crippen LogP contribution < -0.4 is 0 Å². The quantitative estimate of drug-likeness (QED) is 0.188. The zero-order valence-electron chi connectivity index (χ0n) is 34.7. The molecule has 9 rings (SSSR count). The lowest BCUT2D eigenvalue weighted by molar-refractivity contribution is 0.669. The number of benzene rings is 8. The summed E-state index contributed by atoms with van der Waals surface area (Å²) in [5, 5.41) is 3.48. The Hall–Kier alpha value is -5.92. The third-order valence-electron chi connectivity index (χ3n) is 8.28. The van der Waals surface area contributed by atoms with Crippen molar-refractivity contribution in [1.29, 1.82) is 0 Å². The van der Waals surface area contributed by atoms with Gasteiger partial charge < -0.3 is 4.42 Å². The van der Waals surface area contributed by atoms with Crippen LogP contribution in [0.2, 0.25) is 0 Å². The van der Waals surface area contributed by atoms with E-state index >= 15 is 0 Å². The van der Waals surface area contributed by atoms with Crippen molar-refractivity contribution >= 4 is 43.5 Å². The average Bonchev–Trinajstić information content (AvgIpc) is 3.62. The SMILES string of the molecule is [2H]c1c([2H])c([2H])c(-c2ccc(-c3c4ccccc4c(-c4c([2H])c(-c5ccccc5)c([2H])c5oc6c([2H])c([2H])c([2H])c([2H])c6c45)c4ccccc34)cc2)c([2H])c1[2H]. The van der Waals surface area contributed by atoms with Gasteiger partial charge in [-0.1, -0.05) is 151 Å². The smallest absolute Gasteiger partial charge is 0.136 e. The second kappa shape index (κ2) is 10.4. The molecule has 0 radical (unpaired) electrons. The van der Waals surface area contributed by atoms with Crippen molar-refractivity contribution in [3.05, 3.63) is 170 Å². The third-order valence-corrected chi connectivity index (χ3v) is 8.28. The first-order valence-corrected chi connectivity index (χ1v) is 14.5. The Kier molecular flexibility index (Phi) is 3.87.